The van der Waals surface area contributed by atoms with Crippen LogP contribution in [-0.2, 0) is 21.4 Å². The van der Waals surface area contributed by atoms with Gasteiger partial charge in [0.25, 0.3) is 10.0 Å². The lowest BCUT2D eigenvalue weighted by Gasteiger charge is -2.32. The zero-order valence-electron chi connectivity index (χ0n) is 21.7. The number of anilines is 1. The van der Waals surface area contributed by atoms with E-state index in [0.717, 1.165) is 21.6 Å². The van der Waals surface area contributed by atoms with E-state index in [2.05, 4.69) is 5.10 Å². The highest BCUT2D eigenvalue weighted by Gasteiger charge is 2.35. The number of aryl methyl sites for hydroxylation is 2. The van der Waals surface area contributed by atoms with Gasteiger partial charge in [-0.2, -0.15) is 9.40 Å². The van der Waals surface area contributed by atoms with E-state index < -0.39 is 10.0 Å². The standard InChI is InChI=1S/C26H31N5O4S3/c1-4-35-21-7-5-8-22-24(21)27-26(37-22)30(14-15-31-19(3)17-18(2)28-31)25(32)20-10-12-29(13-11-20)38(33,34)23-9-6-16-36-23/h5-9,16-17,20H,4,10-15H2,1-3H3. The van der Waals surface area contributed by atoms with Crippen LogP contribution in [0.15, 0.2) is 46.0 Å². The Morgan fingerprint density at radius 2 is 1.97 bits per heavy atom. The van der Waals surface area contributed by atoms with Crippen molar-refractivity contribution in [2.75, 3.05) is 31.1 Å². The Kier molecular flexibility index (Phi) is 7.85. The summed E-state index contributed by atoms with van der Waals surface area (Å²) in [7, 11) is -3.53. The molecular weight excluding hydrogens is 543 g/mol. The van der Waals surface area contributed by atoms with Crippen molar-refractivity contribution >= 4 is 54.0 Å². The van der Waals surface area contributed by atoms with E-state index in [-0.39, 0.29) is 11.8 Å². The van der Waals surface area contributed by atoms with E-state index in [1.54, 1.807) is 22.4 Å². The Balaban J connectivity index is 1.39. The fourth-order valence-electron chi connectivity index (χ4n) is 4.80. The van der Waals surface area contributed by atoms with Crippen molar-refractivity contribution in [1.29, 1.82) is 0 Å². The van der Waals surface area contributed by atoms with E-state index in [1.165, 1.54) is 27.0 Å². The highest BCUT2D eigenvalue weighted by molar-refractivity contribution is 7.91. The Hall–Kier alpha value is -2.80. The number of carbonyl (C=O) groups is 1. The van der Waals surface area contributed by atoms with Gasteiger partial charge < -0.3 is 4.74 Å². The molecule has 5 rings (SSSR count). The lowest BCUT2D eigenvalue weighted by atomic mass is 9.96. The van der Waals surface area contributed by atoms with Gasteiger partial charge in [-0.25, -0.2) is 13.4 Å². The fraction of sp³-hybridized carbons (Fsp3) is 0.423. The van der Waals surface area contributed by atoms with Gasteiger partial charge in [-0.3, -0.25) is 14.4 Å². The molecule has 1 aliphatic rings. The first-order valence-corrected chi connectivity index (χ1v) is 15.8. The van der Waals surface area contributed by atoms with Crippen LogP contribution in [0.3, 0.4) is 0 Å². The van der Waals surface area contributed by atoms with Crippen molar-refractivity contribution in [3.05, 3.63) is 53.2 Å². The topological polar surface area (TPSA) is 97.6 Å². The number of carbonyl (C=O) groups excluding carboxylic acids is 1. The average molecular weight is 574 g/mol. The Labute approximate surface area is 230 Å². The van der Waals surface area contributed by atoms with Crippen LogP contribution in [0.2, 0.25) is 0 Å². The molecule has 0 spiro atoms. The van der Waals surface area contributed by atoms with Crippen molar-refractivity contribution in [2.45, 2.75) is 44.4 Å². The second-order valence-electron chi connectivity index (χ2n) is 9.28. The maximum atomic E-state index is 13.9. The van der Waals surface area contributed by atoms with Crippen LogP contribution in [-0.4, -0.2) is 59.6 Å². The van der Waals surface area contributed by atoms with Crippen molar-refractivity contribution < 1.29 is 17.9 Å². The first-order valence-electron chi connectivity index (χ1n) is 12.7. The fourth-order valence-corrected chi connectivity index (χ4v) is 8.42. The molecule has 1 saturated heterocycles. The highest BCUT2D eigenvalue weighted by atomic mass is 32.2. The van der Waals surface area contributed by atoms with Crippen LogP contribution < -0.4 is 9.64 Å². The van der Waals surface area contributed by atoms with Crippen LogP contribution in [0.25, 0.3) is 10.2 Å². The molecule has 38 heavy (non-hydrogen) atoms. The number of aromatic nitrogens is 3. The van der Waals surface area contributed by atoms with Crippen LogP contribution >= 0.6 is 22.7 Å². The van der Waals surface area contributed by atoms with Gasteiger partial charge in [-0.15, -0.1) is 11.3 Å². The molecular formula is C26H31N5O4S3. The molecule has 1 aromatic carbocycles. The molecule has 0 saturated carbocycles. The summed E-state index contributed by atoms with van der Waals surface area (Å²) in [5.41, 5.74) is 2.71. The monoisotopic (exact) mass is 573 g/mol. The van der Waals surface area contributed by atoms with Crippen LogP contribution in [0.5, 0.6) is 5.75 Å². The number of rotatable bonds is 9. The Morgan fingerprint density at radius 3 is 2.63 bits per heavy atom. The Bertz CT molecular complexity index is 1520. The third-order valence-corrected chi connectivity index (χ3v) is 11.0. The summed E-state index contributed by atoms with van der Waals surface area (Å²) in [6.45, 7) is 7.99. The van der Waals surface area contributed by atoms with Crippen molar-refractivity contribution in [3.8, 4) is 5.75 Å². The van der Waals surface area contributed by atoms with E-state index in [9.17, 15) is 13.2 Å². The van der Waals surface area contributed by atoms with Gasteiger partial charge >= 0.3 is 0 Å². The number of benzene rings is 1. The quantitative estimate of drug-likeness (QED) is 0.288. The maximum absolute atomic E-state index is 13.9. The molecule has 9 nitrogen and oxygen atoms in total. The molecule has 0 radical (unpaired) electrons. The molecule has 12 heteroatoms. The summed E-state index contributed by atoms with van der Waals surface area (Å²) in [6.07, 6.45) is 0.934. The number of ether oxygens (including phenoxy) is 1. The predicted molar refractivity (Wildman–Crippen MR) is 151 cm³/mol. The van der Waals surface area contributed by atoms with E-state index >= 15 is 0 Å². The van der Waals surface area contributed by atoms with Gasteiger partial charge in [0, 0.05) is 31.2 Å². The maximum Gasteiger partial charge on any atom is 0.252 e. The molecule has 0 aliphatic carbocycles. The minimum Gasteiger partial charge on any atom is -0.492 e. The number of nitrogens with zero attached hydrogens (tertiary/aromatic N) is 5. The van der Waals surface area contributed by atoms with Gasteiger partial charge in [0.05, 0.1) is 23.5 Å². The van der Waals surface area contributed by atoms with Gasteiger partial charge in [-0.05, 0) is 63.3 Å². The number of para-hydroxylation sites is 1. The molecule has 0 N–H and O–H groups in total. The predicted octanol–water partition coefficient (Wildman–Crippen LogP) is 4.70. The smallest absolute Gasteiger partial charge is 0.252 e. The second kappa shape index (κ2) is 11.1. The third kappa shape index (κ3) is 5.35. The number of hydrogen-bond acceptors (Lipinski definition) is 8. The molecule has 0 bridgehead atoms. The minimum absolute atomic E-state index is 0.0308. The lowest BCUT2D eigenvalue weighted by Crippen LogP contribution is -2.45. The third-order valence-electron chi connectivity index (χ3n) is 6.70. The first-order chi connectivity index (χ1) is 18.3. The average Bonchev–Trinajstić information content (AvgIpc) is 3.65. The molecule has 0 atom stereocenters. The van der Waals surface area contributed by atoms with E-state index in [4.69, 9.17) is 9.72 Å². The van der Waals surface area contributed by atoms with E-state index in [0.29, 0.717) is 60.7 Å². The van der Waals surface area contributed by atoms with Gasteiger partial charge in [0.1, 0.15) is 15.5 Å². The molecule has 4 heterocycles. The van der Waals surface area contributed by atoms with Crippen molar-refractivity contribution in [2.24, 2.45) is 5.92 Å². The minimum atomic E-state index is -3.53. The number of hydrogen-bond donors (Lipinski definition) is 0. The summed E-state index contributed by atoms with van der Waals surface area (Å²) in [5.74, 6) is 0.380. The number of sulfonamides is 1. The number of thiophene rings is 1. The molecule has 202 valence electrons. The number of thiazole rings is 1. The zero-order chi connectivity index (χ0) is 26.9. The highest BCUT2D eigenvalue weighted by Crippen LogP contribution is 2.36. The summed E-state index contributed by atoms with van der Waals surface area (Å²) in [4.78, 5) is 20.5. The molecule has 1 amide bonds. The van der Waals surface area contributed by atoms with Crippen LogP contribution in [0.1, 0.15) is 31.2 Å². The molecule has 1 fully saturated rings. The molecule has 4 aromatic rings. The lowest BCUT2D eigenvalue weighted by molar-refractivity contribution is -0.123. The SMILES string of the molecule is CCOc1cccc2sc(N(CCn3nc(C)cc3C)C(=O)C3CCN(S(=O)(=O)c4cccs4)CC3)nc12. The number of amides is 1. The van der Waals surface area contributed by atoms with Gasteiger partial charge in [0.15, 0.2) is 5.13 Å². The first kappa shape index (κ1) is 26.8. The molecule has 3 aromatic heterocycles. The summed E-state index contributed by atoms with van der Waals surface area (Å²) in [5, 5.41) is 6.94. The zero-order valence-corrected chi connectivity index (χ0v) is 24.1. The van der Waals surface area contributed by atoms with Crippen LogP contribution in [0, 0.1) is 19.8 Å². The summed E-state index contributed by atoms with van der Waals surface area (Å²) in [6, 6.07) is 11.2. The molecule has 0 unspecified atom stereocenters. The van der Waals surface area contributed by atoms with Crippen molar-refractivity contribution in [1.82, 2.24) is 19.1 Å². The Morgan fingerprint density at radius 1 is 1.18 bits per heavy atom. The largest absolute Gasteiger partial charge is 0.492 e. The number of fused-ring (bicyclic) bond motifs is 1. The number of piperidine rings is 1. The van der Waals surface area contributed by atoms with Gasteiger partial charge in [0.2, 0.25) is 5.91 Å². The summed E-state index contributed by atoms with van der Waals surface area (Å²) < 4.78 is 36.4. The molecule has 1 aliphatic heterocycles. The van der Waals surface area contributed by atoms with Gasteiger partial charge in [-0.1, -0.05) is 23.5 Å². The summed E-state index contributed by atoms with van der Waals surface area (Å²) >= 11 is 2.68. The van der Waals surface area contributed by atoms with Crippen molar-refractivity contribution in [3.63, 3.8) is 0 Å². The van der Waals surface area contributed by atoms with E-state index in [1.807, 2.05) is 49.7 Å². The second-order valence-corrected chi connectivity index (χ2v) is 13.4. The van der Waals surface area contributed by atoms with Crippen LogP contribution in [0.4, 0.5) is 5.13 Å². The normalized spacial score (nSPS) is 15.2.